The molecule has 1 aliphatic rings. The second kappa shape index (κ2) is 9.02. The van der Waals surface area contributed by atoms with E-state index >= 15 is 0 Å². The summed E-state index contributed by atoms with van der Waals surface area (Å²) in [5, 5.41) is 0. The molecule has 0 aromatic heterocycles. The van der Waals surface area contributed by atoms with Crippen molar-refractivity contribution >= 4 is 18.1 Å². The number of methoxy groups -OCH3 is 1. The van der Waals surface area contributed by atoms with Gasteiger partial charge >= 0.3 is 5.97 Å². The topological polar surface area (TPSA) is 26.3 Å². The Morgan fingerprint density at radius 2 is 1.55 bits per heavy atom. The van der Waals surface area contributed by atoms with Crippen LogP contribution >= 0.6 is 0 Å². The zero-order valence-electron chi connectivity index (χ0n) is 20.3. The molecule has 0 spiro atoms. The predicted molar refractivity (Wildman–Crippen MR) is 132 cm³/mol. The summed E-state index contributed by atoms with van der Waals surface area (Å²) < 4.78 is 4.80. The van der Waals surface area contributed by atoms with E-state index in [9.17, 15) is 4.79 Å². The molecule has 3 rings (SSSR count). The minimum Gasteiger partial charge on any atom is -0.465 e. The molecule has 2 aromatic rings. The molecule has 2 aromatic carbocycles. The van der Waals surface area contributed by atoms with Crippen LogP contribution in [0, 0.1) is 5.92 Å². The van der Waals surface area contributed by atoms with Gasteiger partial charge in [0.05, 0.1) is 12.7 Å². The van der Waals surface area contributed by atoms with Crippen molar-refractivity contribution < 1.29 is 9.53 Å². The first-order valence-electron chi connectivity index (χ1n) is 11.6. The molecule has 0 N–H and O–H groups in total. The molecule has 1 aliphatic carbocycles. The maximum atomic E-state index is 11.7. The highest BCUT2D eigenvalue weighted by molar-refractivity contribution is 5.89. The van der Waals surface area contributed by atoms with Gasteiger partial charge in [0.2, 0.25) is 0 Å². The van der Waals surface area contributed by atoms with E-state index in [1.807, 2.05) is 24.3 Å². The summed E-state index contributed by atoms with van der Waals surface area (Å²) in [6.07, 6.45) is 9.15. The van der Waals surface area contributed by atoms with Crippen LogP contribution in [0.4, 0.5) is 0 Å². The van der Waals surface area contributed by atoms with Gasteiger partial charge in [0.1, 0.15) is 0 Å². The molecule has 0 bridgehead atoms. The fourth-order valence-electron chi connectivity index (χ4n) is 4.53. The number of aryl methyl sites for hydroxylation is 1. The standard InChI is InChI=1S/C29H38O2/c1-20(2)8-12-23-18-25-26(29(5,6)17-16-28(25,3)4)19-24(23)15-11-21-9-13-22(14-10-21)27(30)31-7/h9-11,13-15,18-20H,8,12,16-17H2,1-7H3/b15-11+. The van der Waals surface area contributed by atoms with Crippen LogP contribution in [0.2, 0.25) is 0 Å². The Hall–Kier alpha value is -2.35. The molecule has 0 radical (unpaired) electrons. The molecule has 31 heavy (non-hydrogen) atoms. The summed E-state index contributed by atoms with van der Waals surface area (Å²) in [5.41, 5.74) is 7.88. The summed E-state index contributed by atoms with van der Waals surface area (Å²) >= 11 is 0. The van der Waals surface area contributed by atoms with Gasteiger partial charge < -0.3 is 4.74 Å². The molecule has 0 atom stereocenters. The molecule has 166 valence electrons. The normalized spacial score (nSPS) is 17.0. The number of esters is 1. The van der Waals surface area contributed by atoms with Crippen LogP contribution in [0.15, 0.2) is 36.4 Å². The van der Waals surface area contributed by atoms with Crippen molar-refractivity contribution in [2.75, 3.05) is 7.11 Å². The Morgan fingerprint density at radius 1 is 0.968 bits per heavy atom. The van der Waals surface area contributed by atoms with E-state index in [2.05, 4.69) is 65.8 Å². The van der Waals surface area contributed by atoms with Crippen molar-refractivity contribution in [1.82, 2.24) is 0 Å². The highest BCUT2D eigenvalue weighted by Crippen LogP contribution is 2.47. The van der Waals surface area contributed by atoms with Gasteiger partial charge in [0.15, 0.2) is 0 Å². The SMILES string of the molecule is COC(=O)c1ccc(/C=C/c2cc3c(cc2CCC(C)C)C(C)(C)CCC3(C)C)cc1. The number of carbonyl (C=O) groups is 1. The van der Waals surface area contributed by atoms with Crippen LogP contribution in [-0.2, 0) is 22.0 Å². The fraction of sp³-hybridized carbons (Fsp3) is 0.483. The maximum absolute atomic E-state index is 11.7. The Balaban J connectivity index is 2.01. The molecule has 2 nitrogen and oxygen atoms in total. The van der Waals surface area contributed by atoms with Crippen LogP contribution in [-0.4, -0.2) is 13.1 Å². The van der Waals surface area contributed by atoms with E-state index in [0.717, 1.165) is 12.0 Å². The number of carbonyl (C=O) groups excluding carboxylic acids is 1. The van der Waals surface area contributed by atoms with Crippen LogP contribution in [0.1, 0.15) is 99.0 Å². The van der Waals surface area contributed by atoms with Gasteiger partial charge in [-0.3, -0.25) is 0 Å². The van der Waals surface area contributed by atoms with Crippen molar-refractivity contribution in [3.63, 3.8) is 0 Å². The third-order valence-electron chi connectivity index (χ3n) is 6.89. The second-order valence-electron chi connectivity index (χ2n) is 10.7. The van der Waals surface area contributed by atoms with Crippen LogP contribution < -0.4 is 0 Å². The smallest absolute Gasteiger partial charge is 0.337 e. The first-order chi connectivity index (χ1) is 14.5. The number of rotatable bonds is 6. The lowest BCUT2D eigenvalue weighted by atomic mass is 9.62. The Labute approximate surface area is 188 Å². The average molecular weight is 419 g/mol. The first-order valence-corrected chi connectivity index (χ1v) is 11.6. The minimum atomic E-state index is -0.300. The lowest BCUT2D eigenvalue weighted by Gasteiger charge is -2.42. The van der Waals surface area contributed by atoms with Crippen molar-refractivity contribution in [1.29, 1.82) is 0 Å². The molecule has 0 unspecified atom stereocenters. The third kappa shape index (κ3) is 5.29. The Bertz CT molecular complexity index is 959. The molecule has 0 fully saturated rings. The van der Waals surface area contributed by atoms with Crippen molar-refractivity contribution in [3.8, 4) is 0 Å². The van der Waals surface area contributed by atoms with E-state index < -0.39 is 0 Å². The van der Waals surface area contributed by atoms with E-state index in [0.29, 0.717) is 11.5 Å². The monoisotopic (exact) mass is 418 g/mol. The van der Waals surface area contributed by atoms with E-state index in [4.69, 9.17) is 4.74 Å². The minimum absolute atomic E-state index is 0.201. The van der Waals surface area contributed by atoms with Crippen molar-refractivity contribution in [2.24, 2.45) is 5.92 Å². The third-order valence-corrected chi connectivity index (χ3v) is 6.89. The van der Waals surface area contributed by atoms with Gasteiger partial charge in [-0.2, -0.15) is 0 Å². The zero-order chi connectivity index (χ0) is 22.8. The average Bonchev–Trinajstić information content (AvgIpc) is 2.73. The van der Waals surface area contributed by atoms with E-state index in [1.165, 1.54) is 48.6 Å². The lowest BCUT2D eigenvalue weighted by molar-refractivity contribution is 0.0600. The van der Waals surface area contributed by atoms with Gasteiger partial charge in [-0.15, -0.1) is 0 Å². The molecular formula is C29H38O2. The molecule has 0 saturated carbocycles. The van der Waals surface area contributed by atoms with Gasteiger partial charge in [-0.05, 0) is 82.4 Å². The molecule has 0 aliphatic heterocycles. The first kappa shape index (κ1) is 23.3. The Morgan fingerprint density at radius 3 is 2.10 bits per heavy atom. The van der Waals surface area contributed by atoms with Gasteiger partial charge in [0.25, 0.3) is 0 Å². The highest BCUT2D eigenvalue weighted by Gasteiger charge is 2.37. The zero-order valence-corrected chi connectivity index (χ0v) is 20.3. The Kier molecular flexibility index (Phi) is 6.79. The summed E-state index contributed by atoms with van der Waals surface area (Å²) in [6.45, 7) is 14.1. The van der Waals surface area contributed by atoms with Crippen LogP contribution in [0.25, 0.3) is 12.2 Å². The van der Waals surface area contributed by atoms with Gasteiger partial charge in [-0.1, -0.05) is 78.0 Å². The second-order valence-corrected chi connectivity index (χ2v) is 10.7. The quantitative estimate of drug-likeness (QED) is 0.357. The van der Waals surface area contributed by atoms with Crippen LogP contribution in [0.3, 0.4) is 0 Å². The van der Waals surface area contributed by atoms with E-state index in [1.54, 1.807) is 0 Å². The number of ether oxygens (including phenoxy) is 1. The largest absolute Gasteiger partial charge is 0.465 e. The number of hydrogen-bond donors (Lipinski definition) is 0. The number of hydrogen-bond acceptors (Lipinski definition) is 2. The lowest BCUT2D eigenvalue weighted by Crippen LogP contribution is -2.34. The summed E-state index contributed by atoms with van der Waals surface area (Å²) in [7, 11) is 1.41. The van der Waals surface area contributed by atoms with Crippen molar-refractivity contribution in [2.45, 2.75) is 78.1 Å². The maximum Gasteiger partial charge on any atom is 0.337 e. The van der Waals surface area contributed by atoms with Crippen LogP contribution in [0.5, 0.6) is 0 Å². The molecule has 0 amide bonds. The summed E-state index contributed by atoms with van der Waals surface area (Å²) in [6, 6.07) is 12.5. The summed E-state index contributed by atoms with van der Waals surface area (Å²) in [5.74, 6) is 0.384. The van der Waals surface area contributed by atoms with Gasteiger partial charge in [0, 0.05) is 0 Å². The molecule has 2 heteroatoms. The number of benzene rings is 2. The molecule has 0 saturated heterocycles. The van der Waals surface area contributed by atoms with E-state index in [-0.39, 0.29) is 16.8 Å². The summed E-state index contributed by atoms with van der Waals surface area (Å²) in [4.78, 5) is 11.7. The molecular weight excluding hydrogens is 380 g/mol. The number of fused-ring (bicyclic) bond motifs is 1. The van der Waals surface area contributed by atoms with Crippen molar-refractivity contribution in [3.05, 3.63) is 69.8 Å². The highest BCUT2D eigenvalue weighted by atomic mass is 16.5. The molecule has 0 heterocycles. The predicted octanol–water partition coefficient (Wildman–Crippen LogP) is 7.58. The van der Waals surface area contributed by atoms with Gasteiger partial charge in [-0.25, -0.2) is 4.79 Å². The fourth-order valence-corrected chi connectivity index (χ4v) is 4.53.